The van der Waals surface area contributed by atoms with Gasteiger partial charge in [0.2, 0.25) is 0 Å². The summed E-state index contributed by atoms with van der Waals surface area (Å²) in [4.78, 5) is 30.5. The summed E-state index contributed by atoms with van der Waals surface area (Å²) in [6.45, 7) is 0. The van der Waals surface area contributed by atoms with E-state index in [1.54, 1.807) is 0 Å². The van der Waals surface area contributed by atoms with Gasteiger partial charge in [0.05, 0.1) is 12.8 Å². The predicted octanol–water partition coefficient (Wildman–Crippen LogP) is -2.08. The fraction of sp³-hybridized carbons (Fsp3) is 0.500. The van der Waals surface area contributed by atoms with Gasteiger partial charge in [-0.05, 0) is 0 Å². The Morgan fingerprint density at radius 3 is 1.33 bits per heavy atom. The molecule has 0 aliphatic heterocycles. The number of carbonyl (C=O) groups is 3. The number of aliphatic hydroxyl groups is 1. The van der Waals surface area contributed by atoms with Crippen molar-refractivity contribution in [1.29, 1.82) is 0 Å². The van der Waals surface area contributed by atoms with E-state index in [0.29, 0.717) is 0 Å². The van der Waals surface area contributed by atoms with Gasteiger partial charge < -0.3 is 25.9 Å². The molecule has 15 heavy (non-hydrogen) atoms. The second-order valence-electron chi connectivity index (χ2n) is 2.48. The van der Waals surface area contributed by atoms with Crippen LogP contribution in [0.15, 0.2) is 0 Å². The van der Waals surface area contributed by atoms with Crippen molar-refractivity contribution in [3.63, 3.8) is 0 Å². The summed E-state index contributed by atoms with van der Waals surface area (Å²) in [7, 11) is 0. The summed E-state index contributed by atoms with van der Waals surface area (Å²) >= 11 is 0. The van der Waals surface area contributed by atoms with E-state index in [-0.39, 0.29) is 31.7 Å². The molecular formula is C6H10O8Zr. The predicted molar refractivity (Wildman–Crippen MR) is 40.7 cm³/mol. The monoisotopic (exact) mass is 300 g/mol. The minimum atomic E-state index is -2.74. The average molecular weight is 301 g/mol. The maximum absolute atomic E-state index is 10.3. The van der Waals surface area contributed by atoms with Crippen molar-refractivity contribution in [2.45, 2.75) is 18.4 Å². The molecule has 0 rings (SSSR count). The maximum atomic E-state index is 10.3. The third-order valence-electron chi connectivity index (χ3n) is 1.29. The molecule has 0 radical (unpaired) electrons. The first kappa shape index (κ1) is 19.7. The minimum absolute atomic E-state index is 0. The van der Waals surface area contributed by atoms with Gasteiger partial charge in [0, 0.05) is 26.2 Å². The zero-order valence-electron chi connectivity index (χ0n) is 7.43. The summed E-state index contributed by atoms with van der Waals surface area (Å²) in [5, 5.41) is 33.8. The van der Waals surface area contributed by atoms with Crippen LogP contribution in [0.1, 0.15) is 12.8 Å². The molecular weight excluding hydrogens is 291 g/mol. The van der Waals surface area contributed by atoms with Gasteiger partial charge in [-0.2, -0.15) is 0 Å². The van der Waals surface area contributed by atoms with Gasteiger partial charge >= 0.3 is 17.9 Å². The zero-order valence-corrected chi connectivity index (χ0v) is 9.89. The quantitative estimate of drug-likeness (QED) is 0.452. The molecule has 0 heterocycles. The molecule has 0 aromatic heterocycles. The van der Waals surface area contributed by atoms with E-state index in [4.69, 9.17) is 20.4 Å². The molecule has 0 aromatic carbocycles. The SMILES string of the molecule is O.O=C(O)CC(O)(CC(=O)O)C(=O)O.[Zr]. The number of rotatable bonds is 5. The van der Waals surface area contributed by atoms with E-state index >= 15 is 0 Å². The van der Waals surface area contributed by atoms with Gasteiger partial charge in [-0.3, -0.25) is 9.59 Å². The molecule has 0 aliphatic rings. The first-order chi connectivity index (χ1) is 5.78. The van der Waals surface area contributed by atoms with Crippen LogP contribution in [0.5, 0.6) is 0 Å². The van der Waals surface area contributed by atoms with Gasteiger partial charge in [-0.25, -0.2) is 4.79 Å². The fourth-order valence-electron chi connectivity index (χ4n) is 0.714. The Bertz CT molecular complexity index is 234. The summed E-state index contributed by atoms with van der Waals surface area (Å²) in [5.41, 5.74) is -2.74. The number of carboxylic acid groups (broad SMARTS) is 3. The number of hydrogen-bond acceptors (Lipinski definition) is 4. The van der Waals surface area contributed by atoms with Gasteiger partial charge in [0.1, 0.15) is 0 Å². The van der Waals surface area contributed by atoms with Gasteiger partial charge in [0.15, 0.2) is 5.60 Å². The fourth-order valence-corrected chi connectivity index (χ4v) is 0.714. The van der Waals surface area contributed by atoms with E-state index < -0.39 is 36.4 Å². The van der Waals surface area contributed by atoms with E-state index in [1.165, 1.54) is 0 Å². The molecule has 0 unspecified atom stereocenters. The van der Waals surface area contributed by atoms with Crippen molar-refractivity contribution in [3.05, 3.63) is 0 Å². The van der Waals surface area contributed by atoms with E-state index in [9.17, 15) is 14.4 Å². The topological polar surface area (TPSA) is 164 Å². The Labute approximate surface area is 103 Å². The third kappa shape index (κ3) is 7.18. The van der Waals surface area contributed by atoms with E-state index in [1.807, 2.05) is 0 Å². The molecule has 0 spiro atoms. The smallest absolute Gasteiger partial charge is 0.336 e. The van der Waals surface area contributed by atoms with Gasteiger partial charge in [-0.1, -0.05) is 0 Å². The van der Waals surface area contributed by atoms with Crippen molar-refractivity contribution < 1.29 is 66.5 Å². The Balaban J connectivity index is -0.000000720. The largest absolute Gasteiger partial charge is 0.481 e. The molecule has 0 aromatic rings. The van der Waals surface area contributed by atoms with Crippen LogP contribution in [0.25, 0.3) is 0 Å². The second kappa shape index (κ2) is 7.50. The molecule has 9 heteroatoms. The summed E-state index contributed by atoms with van der Waals surface area (Å²) in [6.07, 6.45) is -2.29. The standard InChI is InChI=1S/C6H8O7.H2O.Zr/c7-3(8)1-6(13,5(11)12)2-4(9)10;;/h13H,1-2H2,(H,7,8)(H,9,10)(H,11,12);1H2;. The zero-order chi connectivity index (χ0) is 10.6. The van der Waals surface area contributed by atoms with E-state index in [2.05, 4.69) is 0 Å². The van der Waals surface area contributed by atoms with Gasteiger partial charge in [-0.15, -0.1) is 0 Å². The molecule has 0 saturated carbocycles. The Morgan fingerprint density at radius 2 is 1.20 bits per heavy atom. The van der Waals surface area contributed by atoms with Gasteiger partial charge in [0.25, 0.3) is 0 Å². The van der Waals surface area contributed by atoms with Crippen LogP contribution in [0.4, 0.5) is 0 Å². The van der Waals surface area contributed by atoms with Crippen molar-refractivity contribution in [2.75, 3.05) is 0 Å². The summed E-state index contributed by atoms with van der Waals surface area (Å²) in [6, 6.07) is 0. The second-order valence-corrected chi connectivity index (χ2v) is 2.48. The van der Waals surface area contributed by atoms with Crippen LogP contribution in [-0.4, -0.2) is 49.4 Å². The first-order valence-electron chi connectivity index (χ1n) is 3.17. The van der Waals surface area contributed by atoms with Crippen molar-refractivity contribution in [1.82, 2.24) is 0 Å². The average Bonchev–Trinajstić information content (AvgIpc) is 1.82. The molecule has 6 N–H and O–H groups in total. The third-order valence-corrected chi connectivity index (χ3v) is 1.29. The van der Waals surface area contributed by atoms with Crippen LogP contribution in [0.2, 0.25) is 0 Å². The molecule has 0 saturated heterocycles. The first-order valence-corrected chi connectivity index (χ1v) is 3.17. The van der Waals surface area contributed by atoms with Crippen LogP contribution in [-0.2, 0) is 40.6 Å². The van der Waals surface area contributed by atoms with Crippen LogP contribution in [0, 0.1) is 0 Å². The molecule has 0 amide bonds. The molecule has 86 valence electrons. The van der Waals surface area contributed by atoms with Crippen molar-refractivity contribution >= 4 is 17.9 Å². The summed E-state index contributed by atoms with van der Waals surface area (Å²) in [5.74, 6) is -5.02. The van der Waals surface area contributed by atoms with E-state index in [0.717, 1.165) is 0 Å². The normalized spacial score (nSPS) is 9.40. The Hall–Kier alpha value is -0.787. The Kier molecular flexibility index (Phi) is 9.86. The molecule has 8 nitrogen and oxygen atoms in total. The molecule has 0 bridgehead atoms. The summed E-state index contributed by atoms with van der Waals surface area (Å²) < 4.78 is 0. The molecule has 0 aliphatic carbocycles. The molecule has 0 fully saturated rings. The molecule has 0 atom stereocenters. The Morgan fingerprint density at radius 1 is 0.933 bits per heavy atom. The number of hydrogen-bond donors (Lipinski definition) is 4. The minimum Gasteiger partial charge on any atom is -0.481 e. The van der Waals surface area contributed by atoms with Crippen molar-refractivity contribution in [2.24, 2.45) is 0 Å². The number of carboxylic acids is 3. The van der Waals surface area contributed by atoms with Crippen LogP contribution < -0.4 is 0 Å². The van der Waals surface area contributed by atoms with Crippen LogP contribution >= 0.6 is 0 Å². The van der Waals surface area contributed by atoms with Crippen LogP contribution in [0.3, 0.4) is 0 Å². The maximum Gasteiger partial charge on any atom is 0.336 e. The van der Waals surface area contributed by atoms with Crippen molar-refractivity contribution in [3.8, 4) is 0 Å². The number of aliphatic carboxylic acids is 3.